The molecular weight excluding hydrogens is 577 g/mol. The zero-order valence-corrected chi connectivity index (χ0v) is 23.0. The number of halogens is 3. The molecule has 0 aliphatic rings. The summed E-state index contributed by atoms with van der Waals surface area (Å²) in [7, 11) is 0. The molecule has 0 saturated heterocycles. The average molecular weight is 603 g/mol. The first-order chi connectivity index (χ1) is 21.2. The van der Waals surface area contributed by atoms with Gasteiger partial charge in [0.05, 0.1) is 36.0 Å². The summed E-state index contributed by atoms with van der Waals surface area (Å²) in [5, 5.41) is 29.0. The maximum atomic E-state index is 15.4. The van der Waals surface area contributed by atoms with Gasteiger partial charge in [-0.3, -0.25) is 0 Å². The molecule has 0 saturated carbocycles. The number of carboxylic acid groups (broad SMARTS) is 1. The van der Waals surface area contributed by atoms with Gasteiger partial charge in [0, 0.05) is 30.2 Å². The lowest BCUT2D eigenvalue weighted by atomic mass is 10.1. The first-order valence-electron chi connectivity index (χ1n) is 13.4. The van der Waals surface area contributed by atoms with Crippen LogP contribution in [0.2, 0.25) is 0 Å². The number of nitrogens with zero attached hydrogens (tertiary/aromatic N) is 4. The average Bonchev–Trinajstić information content (AvgIpc) is 3.34. The Bertz CT molecular complexity index is 1900. The number of fused-ring (bicyclic) bond motifs is 1. The summed E-state index contributed by atoms with van der Waals surface area (Å²) in [5.41, 5.74) is 1.12. The van der Waals surface area contributed by atoms with Crippen LogP contribution in [-0.2, 0) is 19.6 Å². The van der Waals surface area contributed by atoms with Gasteiger partial charge in [0.25, 0.3) is 0 Å². The largest absolute Gasteiger partial charge is 0.478 e. The molecule has 3 N–H and O–H groups in total. The molecule has 0 fully saturated rings. The first-order valence-corrected chi connectivity index (χ1v) is 13.4. The number of imidazole rings is 1. The lowest BCUT2D eigenvalue weighted by molar-refractivity contribution is 0.0696. The van der Waals surface area contributed by atoms with Crippen LogP contribution in [-0.4, -0.2) is 48.5 Å². The molecule has 0 aliphatic carbocycles. The van der Waals surface area contributed by atoms with Crippen molar-refractivity contribution in [1.29, 1.82) is 0 Å². The van der Waals surface area contributed by atoms with Crippen LogP contribution in [0.25, 0.3) is 27.1 Å². The Kier molecular flexibility index (Phi) is 8.89. The number of aromatic nitrogens is 3. The molecule has 5 aromatic rings. The van der Waals surface area contributed by atoms with Crippen LogP contribution in [0, 0.1) is 24.0 Å². The number of carboxylic acids is 1. The zero-order valence-electron chi connectivity index (χ0n) is 23.0. The molecule has 2 aromatic heterocycles. The van der Waals surface area contributed by atoms with Crippen LogP contribution >= 0.6 is 0 Å². The fourth-order valence-electron chi connectivity index (χ4n) is 4.69. The standard InChI is InChI=1S/C32H25F3N4O5/c1-36-22-8-7-20(25(34)15-22)17-44-30-4-2-3-27(37-30)19-6-5-18(24(33)11-19)14-29-38-31-26(35)12-21(32(42)43)13-28(31)39(29)16-23(41)9-10-40/h2-8,11-13,15,23,40-41H,9-10,14,16-17H2,(H,42,43)/t23-/m0/s1. The van der Waals surface area contributed by atoms with E-state index in [1.165, 1.54) is 34.9 Å². The number of aromatic carboxylic acids is 1. The number of aliphatic hydroxyl groups is 2. The summed E-state index contributed by atoms with van der Waals surface area (Å²) < 4.78 is 51.5. The molecule has 5 rings (SSSR count). The molecule has 3 aromatic carbocycles. The van der Waals surface area contributed by atoms with Gasteiger partial charge in [-0.25, -0.2) is 32.8 Å². The SMILES string of the molecule is [C-]#[N+]c1ccc(COc2cccc(-c3ccc(Cc4nc5c(F)cc(C(=O)O)cc5n4C[C@@H](O)CCO)c(F)c3)n2)c(F)c1. The van der Waals surface area contributed by atoms with Crippen LogP contribution in [0.15, 0.2) is 66.7 Å². The Labute approximate surface area is 249 Å². The van der Waals surface area contributed by atoms with Gasteiger partial charge in [0.2, 0.25) is 5.88 Å². The summed E-state index contributed by atoms with van der Waals surface area (Å²) in [4.78, 5) is 23.4. The van der Waals surface area contributed by atoms with Crippen LogP contribution in [0.5, 0.6) is 5.88 Å². The summed E-state index contributed by atoms with van der Waals surface area (Å²) in [6, 6.07) is 15.4. The quantitative estimate of drug-likeness (QED) is 0.166. The van der Waals surface area contributed by atoms with Crippen LogP contribution in [0.3, 0.4) is 0 Å². The molecule has 0 radical (unpaired) electrons. The van der Waals surface area contributed by atoms with E-state index < -0.39 is 29.5 Å². The predicted molar refractivity (Wildman–Crippen MR) is 154 cm³/mol. The Morgan fingerprint density at radius 1 is 0.977 bits per heavy atom. The van der Waals surface area contributed by atoms with Gasteiger partial charge in [-0.2, -0.15) is 0 Å². The van der Waals surface area contributed by atoms with E-state index in [1.807, 2.05) is 0 Å². The summed E-state index contributed by atoms with van der Waals surface area (Å²) in [5.74, 6) is -3.03. The Morgan fingerprint density at radius 2 is 1.75 bits per heavy atom. The van der Waals surface area contributed by atoms with Crippen LogP contribution in [0.1, 0.15) is 33.7 Å². The molecule has 0 spiro atoms. The third-order valence-corrected chi connectivity index (χ3v) is 6.95. The highest BCUT2D eigenvalue weighted by molar-refractivity contribution is 5.92. The number of carbonyl (C=O) groups is 1. The fourth-order valence-corrected chi connectivity index (χ4v) is 4.69. The van der Waals surface area contributed by atoms with Crippen molar-refractivity contribution in [3.63, 3.8) is 0 Å². The molecule has 12 heteroatoms. The summed E-state index contributed by atoms with van der Waals surface area (Å²) >= 11 is 0. The van der Waals surface area contributed by atoms with Gasteiger partial charge in [0.15, 0.2) is 11.5 Å². The second-order valence-corrected chi connectivity index (χ2v) is 9.96. The van der Waals surface area contributed by atoms with E-state index in [2.05, 4.69) is 14.8 Å². The number of ether oxygens (including phenoxy) is 1. The Morgan fingerprint density at radius 3 is 2.45 bits per heavy atom. The summed E-state index contributed by atoms with van der Waals surface area (Å²) in [6.07, 6.45) is -1.14. The van der Waals surface area contributed by atoms with Crippen molar-refractivity contribution in [3.8, 4) is 17.1 Å². The first kappa shape index (κ1) is 30.2. The number of hydrogen-bond donors (Lipinski definition) is 3. The highest BCUT2D eigenvalue weighted by atomic mass is 19.1. The third-order valence-electron chi connectivity index (χ3n) is 6.95. The van der Waals surface area contributed by atoms with E-state index in [4.69, 9.17) is 11.3 Å². The minimum atomic E-state index is -1.34. The molecule has 9 nitrogen and oxygen atoms in total. The number of aliphatic hydroxyl groups excluding tert-OH is 2. The van der Waals surface area contributed by atoms with Crippen molar-refractivity contribution in [3.05, 3.63) is 118 Å². The van der Waals surface area contributed by atoms with E-state index in [0.717, 1.165) is 12.1 Å². The van der Waals surface area contributed by atoms with Gasteiger partial charge in [0.1, 0.15) is 29.6 Å². The predicted octanol–water partition coefficient (Wildman–Crippen LogP) is 5.68. The number of benzene rings is 3. The highest BCUT2D eigenvalue weighted by Gasteiger charge is 2.21. The Balaban J connectivity index is 1.40. The molecular formula is C32H25F3N4O5. The van der Waals surface area contributed by atoms with Crippen molar-refractivity contribution in [1.82, 2.24) is 14.5 Å². The van der Waals surface area contributed by atoms with Crippen molar-refractivity contribution in [2.24, 2.45) is 0 Å². The van der Waals surface area contributed by atoms with Crippen molar-refractivity contribution in [2.75, 3.05) is 6.61 Å². The van der Waals surface area contributed by atoms with Gasteiger partial charge in [-0.15, -0.1) is 0 Å². The Hall–Kier alpha value is -5.25. The van der Waals surface area contributed by atoms with Crippen molar-refractivity contribution < 1.29 is 38.0 Å². The lowest BCUT2D eigenvalue weighted by Crippen LogP contribution is -2.19. The maximum absolute atomic E-state index is 15.4. The smallest absolute Gasteiger partial charge is 0.335 e. The number of hydrogen-bond acceptors (Lipinski definition) is 6. The van der Waals surface area contributed by atoms with E-state index in [9.17, 15) is 28.9 Å². The monoisotopic (exact) mass is 602 g/mol. The van der Waals surface area contributed by atoms with Gasteiger partial charge in [-0.05, 0) is 42.3 Å². The van der Waals surface area contributed by atoms with Gasteiger partial charge in [-0.1, -0.05) is 30.3 Å². The second-order valence-electron chi connectivity index (χ2n) is 9.96. The van der Waals surface area contributed by atoms with Gasteiger partial charge < -0.3 is 24.6 Å². The molecule has 2 heterocycles. The zero-order chi connectivity index (χ0) is 31.4. The molecule has 0 unspecified atom stereocenters. The maximum Gasteiger partial charge on any atom is 0.335 e. The molecule has 44 heavy (non-hydrogen) atoms. The molecule has 0 aliphatic heterocycles. The molecule has 0 amide bonds. The normalized spacial score (nSPS) is 11.8. The molecule has 0 bridgehead atoms. The van der Waals surface area contributed by atoms with Crippen molar-refractivity contribution in [2.45, 2.75) is 32.1 Å². The second kappa shape index (κ2) is 12.9. The minimum Gasteiger partial charge on any atom is -0.478 e. The van der Waals surface area contributed by atoms with E-state index in [-0.39, 0.29) is 77.7 Å². The highest BCUT2D eigenvalue weighted by Crippen LogP contribution is 2.27. The van der Waals surface area contributed by atoms with Crippen LogP contribution < -0.4 is 4.74 Å². The minimum absolute atomic E-state index is 0.0164. The van der Waals surface area contributed by atoms with Crippen molar-refractivity contribution >= 4 is 22.7 Å². The molecule has 224 valence electrons. The lowest BCUT2D eigenvalue weighted by Gasteiger charge is -2.14. The topological polar surface area (TPSA) is 122 Å². The van der Waals surface area contributed by atoms with E-state index in [1.54, 1.807) is 24.3 Å². The van der Waals surface area contributed by atoms with Gasteiger partial charge >= 0.3 is 5.97 Å². The van der Waals surface area contributed by atoms with Crippen LogP contribution in [0.4, 0.5) is 18.9 Å². The van der Waals surface area contributed by atoms with E-state index in [0.29, 0.717) is 11.3 Å². The van der Waals surface area contributed by atoms with E-state index >= 15 is 4.39 Å². The molecule has 1 atom stereocenters. The fraction of sp³-hybridized carbons (Fsp3) is 0.188. The third kappa shape index (κ3) is 6.54. The number of rotatable bonds is 11. The summed E-state index contributed by atoms with van der Waals surface area (Å²) in [6.45, 7) is 6.41. The number of pyridine rings is 1.